The Morgan fingerprint density at radius 2 is 2.19 bits per heavy atom. The molecule has 0 bridgehead atoms. The van der Waals surface area contributed by atoms with E-state index >= 15 is 0 Å². The third-order valence-electron chi connectivity index (χ3n) is 3.40. The minimum absolute atomic E-state index is 0.518. The van der Waals surface area contributed by atoms with Gasteiger partial charge in [-0.1, -0.05) is 32.0 Å². The molecule has 1 atom stereocenters. The molecule has 0 saturated carbocycles. The molecule has 1 aliphatic rings. The summed E-state index contributed by atoms with van der Waals surface area (Å²) in [5.41, 5.74) is 2.70. The number of nitrogens with one attached hydrogen (secondary N) is 1. The highest BCUT2D eigenvalue weighted by molar-refractivity contribution is 5.45. The van der Waals surface area contributed by atoms with Crippen molar-refractivity contribution >= 4 is 0 Å². The summed E-state index contributed by atoms with van der Waals surface area (Å²) in [5, 5.41) is 3.42. The van der Waals surface area contributed by atoms with E-state index in [1.165, 1.54) is 17.5 Å². The highest BCUT2D eigenvalue weighted by Crippen LogP contribution is 2.36. The van der Waals surface area contributed by atoms with E-state index in [0.717, 1.165) is 18.8 Å². The van der Waals surface area contributed by atoms with Gasteiger partial charge in [-0.25, -0.2) is 0 Å². The van der Waals surface area contributed by atoms with E-state index in [1.807, 2.05) is 0 Å². The molecule has 1 aliphatic heterocycles. The van der Waals surface area contributed by atoms with Crippen LogP contribution in [0.3, 0.4) is 0 Å². The van der Waals surface area contributed by atoms with Crippen molar-refractivity contribution in [3.05, 3.63) is 29.3 Å². The SMILES string of the molecule is COc1c(C(C)C)cccc1C1CCNC1. The summed E-state index contributed by atoms with van der Waals surface area (Å²) in [6.07, 6.45) is 1.22. The maximum absolute atomic E-state index is 5.62. The Balaban J connectivity index is 2.39. The summed E-state index contributed by atoms with van der Waals surface area (Å²) in [4.78, 5) is 0. The van der Waals surface area contributed by atoms with Crippen LogP contribution in [-0.4, -0.2) is 20.2 Å². The van der Waals surface area contributed by atoms with Crippen LogP contribution in [-0.2, 0) is 0 Å². The van der Waals surface area contributed by atoms with Crippen molar-refractivity contribution in [2.75, 3.05) is 20.2 Å². The number of para-hydroxylation sites is 1. The molecule has 88 valence electrons. The highest BCUT2D eigenvalue weighted by atomic mass is 16.5. The Labute approximate surface area is 98.0 Å². The monoisotopic (exact) mass is 219 g/mol. The quantitative estimate of drug-likeness (QED) is 0.844. The second-order valence-corrected chi connectivity index (χ2v) is 4.81. The number of ether oxygens (including phenoxy) is 1. The third-order valence-corrected chi connectivity index (χ3v) is 3.40. The van der Waals surface area contributed by atoms with Crippen LogP contribution >= 0.6 is 0 Å². The molecule has 2 heteroatoms. The first-order valence-corrected chi connectivity index (χ1v) is 6.11. The summed E-state index contributed by atoms with van der Waals surface area (Å²) in [6.45, 7) is 6.64. The van der Waals surface area contributed by atoms with E-state index in [1.54, 1.807) is 7.11 Å². The van der Waals surface area contributed by atoms with Crippen molar-refractivity contribution in [3.63, 3.8) is 0 Å². The van der Waals surface area contributed by atoms with E-state index in [9.17, 15) is 0 Å². The molecule has 0 amide bonds. The number of hydrogen-bond donors (Lipinski definition) is 1. The van der Waals surface area contributed by atoms with Crippen LogP contribution in [0.15, 0.2) is 18.2 Å². The standard InChI is InChI=1S/C14H21NO/c1-10(2)12-5-4-6-13(14(12)16-3)11-7-8-15-9-11/h4-6,10-11,15H,7-9H2,1-3H3. The van der Waals surface area contributed by atoms with Gasteiger partial charge in [-0.3, -0.25) is 0 Å². The maximum Gasteiger partial charge on any atom is 0.125 e. The summed E-state index contributed by atoms with van der Waals surface area (Å²) in [6, 6.07) is 6.54. The van der Waals surface area contributed by atoms with E-state index in [2.05, 4.69) is 37.4 Å². The van der Waals surface area contributed by atoms with Crippen LogP contribution in [0.4, 0.5) is 0 Å². The topological polar surface area (TPSA) is 21.3 Å². The second kappa shape index (κ2) is 4.88. The lowest BCUT2D eigenvalue weighted by Crippen LogP contribution is -2.09. The molecule has 2 nitrogen and oxygen atoms in total. The van der Waals surface area contributed by atoms with Gasteiger partial charge in [-0.2, -0.15) is 0 Å². The number of benzene rings is 1. The van der Waals surface area contributed by atoms with Crippen molar-refractivity contribution < 1.29 is 4.74 Å². The Hall–Kier alpha value is -1.02. The predicted molar refractivity (Wildman–Crippen MR) is 67.3 cm³/mol. The van der Waals surface area contributed by atoms with Crippen molar-refractivity contribution in [3.8, 4) is 5.75 Å². The van der Waals surface area contributed by atoms with Gasteiger partial charge in [0.2, 0.25) is 0 Å². The molecule has 1 aromatic rings. The number of rotatable bonds is 3. The molecule has 0 aliphatic carbocycles. The Kier molecular flexibility index (Phi) is 3.49. The van der Waals surface area contributed by atoms with Gasteiger partial charge in [0.1, 0.15) is 5.75 Å². The van der Waals surface area contributed by atoms with Gasteiger partial charge in [0.05, 0.1) is 7.11 Å². The molecule has 1 heterocycles. The average molecular weight is 219 g/mol. The van der Waals surface area contributed by atoms with E-state index in [-0.39, 0.29) is 0 Å². The van der Waals surface area contributed by atoms with Gasteiger partial charge >= 0.3 is 0 Å². The fourth-order valence-electron chi connectivity index (χ4n) is 2.51. The van der Waals surface area contributed by atoms with Gasteiger partial charge in [-0.05, 0) is 30.0 Å². The first-order chi connectivity index (χ1) is 7.74. The Morgan fingerprint density at radius 3 is 2.75 bits per heavy atom. The molecular weight excluding hydrogens is 198 g/mol. The van der Waals surface area contributed by atoms with Gasteiger partial charge in [0.25, 0.3) is 0 Å². The zero-order valence-electron chi connectivity index (χ0n) is 10.4. The van der Waals surface area contributed by atoms with Crippen LogP contribution in [0.2, 0.25) is 0 Å². The Morgan fingerprint density at radius 1 is 1.38 bits per heavy atom. The highest BCUT2D eigenvalue weighted by Gasteiger charge is 2.22. The molecule has 0 radical (unpaired) electrons. The van der Waals surface area contributed by atoms with Crippen LogP contribution in [0.25, 0.3) is 0 Å². The largest absolute Gasteiger partial charge is 0.496 e. The maximum atomic E-state index is 5.62. The van der Waals surface area contributed by atoms with E-state index in [0.29, 0.717) is 11.8 Å². The molecule has 1 fully saturated rings. The fraction of sp³-hybridized carbons (Fsp3) is 0.571. The van der Waals surface area contributed by atoms with Crippen molar-refractivity contribution in [1.29, 1.82) is 0 Å². The average Bonchev–Trinajstić information content (AvgIpc) is 2.81. The van der Waals surface area contributed by atoms with Gasteiger partial charge in [0, 0.05) is 12.5 Å². The summed E-state index contributed by atoms with van der Waals surface area (Å²) < 4.78 is 5.62. The fourth-order valence-corrected chi connectivity index (χ4v) is 2.51. The minimum atomic E-state index is 0.518. The normalized spacial score (nSPS) is 20.4. The van der Waals surface area contributed by atoms with Crippen LogP contribution < -0.4 is 10.1 Å². The molecule has 0 spiro atoms. The van der Waals surface area contributed by atoms with Crippen molar-refractivity contribution in [2.45, 2.75) is 32.1 Å². The second-order valence-electron chi connectivity index (χ2n) is 4.81. The summed E-state index contributed by atoms with van der Waals surface area (Å²) in [7, 11) is 1.78. The molecule has 1 saturated heterocycles. The molecule has 1 aromatic carbocycles. The summed E-state index contributed by atoms with van der Waals surface area (Å²) in [5.74, 6) is 2.24. The van der Waals surface area contributed by atoms with Crippen LogP contribution in [0, 0.1) is 0 Å². The zero-order chi connectivity index (χ0) is 11.5. The van der Waals surface area contributed by atoms with Gasteiger partial charge in [0.15, 0.2) is 0 Å². The molecule has 16 heavy (non-hydrogen) atoms. The molecule has 1 unspecified atom stereocenters. The van der Waals surface area contributed by atoms with Gasteiger partial charge in [-0.15, -0.1) is 0 Å². The van der Waals surface area contributed by atoms with Crippen molar-refractivity contribution in [2.24, 2.45) is 0 Å². The molecule has 2 rings (SSSR count). The third kappa shape index (κ3) is 2.07. The minimum Gasteiger partial charge on any atom is -0.496 e. The zero-order valence-corrected chi connectivity index (χ0v) is 10.4. The first kappa shape index (κ1) is 11.5. The molecular formula is C14H21NO. The number of hydrogen-bond acceptors (Lipinski definition) is 2. The van der Waals surface area contributed by atoms with E-state index in [4.69, 9.17) is 4.74 Å². The lowest BCUT2D eigenvalue weighted by molar-refractivity contribution is 0.399. The summed E-state index contributed by atoms with van der Waals surface area (Å²) >= 11 is 0. The molecule has 0 aromatic heterocycles. The van der Waals surface area contributed by atoms with Crippen LogP contribution in [0.5, 0.6) is 5.75 Å². The predicted octanol–water partition coefficient (Wildman–Crippen LogP) is 2.90. The first-order valence-electron chi connectivity index (χ1n) is 6.11. The lowest BCUT2D eigenvalue weighted by Gasteiger charge is -2.19. The van der Waals surface area contributed by atoms with E-state index < -0.39 is 0 Å². The van der Waals surface area contributed by atoms with Crippen LogP contribution in [0.1, 0.15) is 43.2 Å². The smallest absolute Gasteiger partial charge is 0.125 e. The van der Waals surface area contributed by atoms with Crippen molar-refractivity contribution in [1.82, 2.24) is 5.32 Å². The van der Waals surface area contributed by atoms with Gasteiger partial charge < -0.3 is 10.1 Å². The molecule has 1 N–H and O–H groups in total. The number of methoxy groups -OCH3 is 1. The lowest BCUT2D eigenvalue weighted by atomic mass is 9.92. The Bertz CT molecular complexity index is 354.